The molecule has 0 saturated carbocycles. The van der Waals surface area contributed by atoms with Gasteiger partial charge in [-0.05, 0) is 43.0 Å². The van der Waals surface area contributed by atoms with E-state index in [0.29, 0.717) is 44.8 Å². The molecule has 1 aromatic rings. The molecule has 5 nitrogen and oxygen atoms in total. The molecule has 2 rings (SSSR count). The van der Waals surface area contributed by atoms with E-state index in [1.165, 1.54) is 0 Å². The molecule has 5 heteroatoms. The van der Waals surface area contributed by atoms with Gasteiger partial charge in [-0.15, -0.1) is 0 Å². The highest BCUT2D eigenvalue weighted by Gasteiger charge is 2.27. The summed E-state index contributed by atoms with van der Waals surface area (Å²) >= 11 is 0. The second kappa shape index (κ2) is 7.89. The van der Waals surface area contributed by atoms with Gasteiger partial charge in [0.2, 0.25) is 5.91 Å². The quantitative estimate of drug-likeness (QED) is 0.842. The highest BCUT2D eigenvalue weighted by Crippen LogP contribution is 2.22. The molecule has 1 heterocycles. The van der Waals surface area contributed by atoms with Crippen LogP contribution < -0.4 is 4.74 Å². The maximum Gasteiger partial charge on any atom is 0.253 e. The summed E-state index contributed by atoms with van der Waals surface area (Å²) in [5, 5.41) is 0. The summed E-state index contributed by atoms with van der Waals surface area (Å²) in [5.41, 5.74) is 1.63. The Morgan fingerprint density at radius 2 is 1.68 bits per heavy atom. The number of nitrogens with zero attached hydrogens (tertiary/aromatic N) is 2. The molecule has 0 spiro atoms. The minimum absolute atomic E-state index is 0.0100. The number of amides is 2. The van der Waals surface area contributed by atoms with E-state index in [2.05, 4.69) is 20.8 Å². The highest BCUT2D eigenvalue weighted by molar-refractivity contribution is 5.94. The predicted molar refractivity (Wildman–Crippen MR) is 98.9 cm³/mol. The van der Waals surface area contributed by atoms with Crippen molar-refractivity contribution in [2.24, 2.45) is 5.41 Å². The second-order valence-electron chi connectivity index (χ2n) is 7.82. The van der Waals surface area contributed by atoms with Crippen LogP contribution in [-0.2, 0) is 4.79 Å². The van der Waals surface area contributed by atoms with Crippen LogP contribution in [0.15, 0.2) is 18.2 Å². The van der Waals surface area contributed by atoms with Crippen molar-refractivity contribution in [1.82, 2.24) is 9.80 Å². The van der Waals surface area contributed by atoms with Gasteiger partial charge < -0.3 is 14.5 Å². The van der Waals surface area contributed by atoms with Gasteiger partial charge in [0.05, 0.1) is 6.61 Å². The van der Waals surface area contributed by atoms with Crippen LogP contribution in [0.2, 0.25) is 0 Å². The Kier molecular flexibility index (Phi) is 6.09. The van der Waals surface area contributed by atoms with E-state index in [-0.39, 0.29) is 17.2 Å². The maximum absolute atomic E-state index is 12.7. The number of aryl methyl sites for hydroxylation is 1. The summed E-state index contributed by atoms with van der Waals surface area (Å²) in [5.74, 6) is 1.02. The van der Waals surface area contributed by atoms with Crippen molar-refractivity contribution in [2.75, 3.05) is 32.8 Å². The lowest BCUT2D eigenvalue weighted by molar-refractivity contribution is -0.134. The van der Waals surface area contributed by atoms with Crippen molar-refractivity contribution in [1.29, 1.82) is 0 Å². The van der Waals surface area contributed by atoms with Crippen LogP contribution in [0.25, 0.3) is 0 Å². The molecule has 0 N–H and O–H groups in total. The van der Waals surface area contributed by atoms with Crippen molar-refractivity contribution in [3.63, 3.8) is 0 Å². The van der Waals surface area contributed by atoms with E-state index in [1.807, 2.05) is 41.8 Å². The summed E-state index contributed by atoms with van der Waals surface area (Å²) in [4.78, 5) is 28.7. The number of piperazine rings is 1. The number of carbonyl (C=O) groups is 2. The summed E-state index contributed by atoms with van der Waals surface area (Å²) in [7, 11) is 0. The molecule has 1 aliphatic heterocycles. The van der Waals surface area contributed by atoms with Crippen molar-refractivity contribution in [3.8, 4) is 5.75 Å². The number of ether oxygens (including phenoxy) is 1. The summed E-state index contributed by atoms with van der Waals surface area (Å²) in [6.45, 7) is 13.1. The fraction of sp³-hybridized carbons (Fsp3) is 0.600. The second-order valence-corrected chi connectivity index (χ2v) is 7.82. The molecule has 0 bridgehead atoms. The van der Waals surface area contributed by atoms with Crippen LogP contribution in [0, 0.1) is 12.3 Å². The zero-order chi connectivity index (χ0) is 18.6. The standard InChI is InChI=1S/C20H30N2O3/c1-6-25-17-8-7-16(13-15(17)2)19(24)22-11-9-21(10-12-22)18(23)14-20(3,4)5/h7-8,13H,6,9-12,14H2,1-5H3. The van der Waals surface area contributed by atoms with Crippen LogP contribution in [0.4, 0.5) is 0 Å². The molecule has 1 aromatic carbocycles. The molecular formula is C20H30N2O3. The average molecular weight is 346 g/mol. The number of hydrogen-bond acceptors (Lipinski definition) is 3. The first-order chi connectivity index (χ1) is 11.7. The zero-order valence-corrected chi connectivity index (χ0v) is 16.1. The average Bonchev–Trinajstić information content (AvgIpc) is 2.55. The lowest BCUT2D eigenvalue weighted by Gasteiger charge is -2.36. The van der Waals surface area contributed by atoms with E-state index in [9.17, 15) is 9.59 Å². The third-order valence-corrected chi connectivity index (χ3v) is 4.32. The molecule has 1 fully saturated rings. The van der Waals surface area contributed by atoms with Gasteiger partial charge in [0, 0.05) is 38.2 Å². The normalized spacial score (nSPS) is 15.2. The molecular weight excluding hydrogens is 316 g/mol. The van der Waals surface area contributed by atoms with Crippen molar-refractivity contribution in [3.05, 3.63) is 29.3 Å². The van der Waals surface area contributed by atoms with Gasteiger partial charge in [0.25, 0.3) is 5.91 Å². The summed E-state index contributed by atoms with van der Waals surface area (Å²) < 4.78 is 5.53. The van der Waals surface area contributed by atoms with Gasteiger partial charge in [-0.3, -0.25) is 9.59 Å². The smallest absolute Gasteiger partial charge is 0.253 e. The van der Waals surface area contributed by atoms with E-state index < -0.39 is 0 Å². The number of rotatable bonds is 4. The topological polar surface area (TPSA) is 49.9 Å². The van der Waals surface area contributed by atoms with Gasteiger partial charge in [0.1, 0.15) is 5.75 Å². The van der Waals surface area contributed by atoms with E-state index in [4.69, 9.17) is 4.74 Å². The molecule has 0 radical (unpaired) electrons. The Balaban J connectivity index is 1.95. The van der Waals surface area contributed by atoms with Crippen molar-refractivity contribution < 1.29 is 14.3 Å². The van der Waals surface area contributed by atoms with Gasteiger partial charge in [0.15, 0.2) is 0 Å². The SMILES string of the molecule is CCOc1ccc(C(=O)N2CCN(C(=O)CC(C)(C)C)CC2)cc1C. The van der Waals surface area contributed by atoms with Crippen molar-refractivity contribution >= 4 is 11.8 Å². The molecule has 1 saturated heterocycles. The monoisotopic (exact) mass is 346 g/mol. The minimum atomic E-state index is -0.0100. The predicted octanol–water partition coefficient (Wildman–Crippen LogP) is 3.11. The molecule has 0 aliphatic carbocycles. The van der Waals surface area contributed by atoms with Gasteiger partial charge in [-0.25, -0.2) is 0 Å². The maximum atomic E-state index is 12.7. The first-order valence-electron chi connectivity index (χ1n) is 9.02. The third kappa shape index (κ3) is 5.21. The first kappa shape index (κ1) is 19.3. The summed E-state index contributed by atoms with van der Waals surface area (Å²) in [6.07, 6.45) is 0.541. The Labute approximate surface area is 150 Å². The Bertz CT molecular complexity index is 626. The van der Waals surface area contributed by atoms with E-state index in [0.717, 1.165) is 11.3 Å². The lowest BCUT2D eigenvalue weighted by atomic mass is 9.91. The van der Waals surface area contributed by atoms with E-state index >= 15 is 0 Å². The van der Waals surface area contributed by atoms with Gasteiger partial charge in [-0.2, -0.15) is 0 Å². The molecule has 1 aliphatic rings. The molecule has 0 aromatic heterocycles. The number of benzene rings is 1. The molecule has 138 valence electrons. The number of hydrogen-bond donors (Lipinski definition) is 0. The lowest BCUT2D eigenvalue weighted by Crippen LogP contribution is -2.51. The van der Waals surface area contributed by atoms with Crippen LogP contribution in [0.1, 0.15) is 50.0 Å². The Morgan fingerprint density at radius 1 is 1.08 bits per heavy atom. The molecule has 0 unspecified atom stereocenters. The van der Waals surface area contributed by atoms with Crippen LogP contribution in [-0.4, -0.2) is 54.4 Å². The highest BCUT2D eigenvalue weighted by atomic mass is 16.5. The number of carbonyl (C=O) groups excluding carboxylic acids is 2. The van der Waals surface area contributed by atoms with Crippen LogP contribution in [0.3, 0.4) is 0 Å². The molecule has 25 heavy (non-hydrogen) atoms. The molecule has 0 atom stereocenters. The van der Waals surface area contributed by atoms with Crippen LogP contribution in [0.5, 0.6) is 5.75 Å². The first-order valence-corrected chi connectivity index (χ1v) is 9.02. The van der Waals surface area contributed by atoms with Gasteiger partial charge in [-0.1, -0.05) is 20.8 Å². The summed E-state index contributed by atoms with van der Waals surface area (Å²) in [6, 6.07) is 5.55. The fourth-order valence-electron chi connectivity index (χ4n) is 3.01. The largest absolute Gasteiger partial charge is 0.494 e. The minimum Gasteiger partial charge on any atom is -0.494 e. The zero-order valence-electron chi connectivity index (χ0n) is 16.1. The van der Waals surface area contributed by atoms with Gasteiger partial charge >= 0.3 is 0 Å². The molecule has 2 amide bonds. The van der Waals surface area contributed by atoms with Crippen molar-refractivity contribution in [2.45, 2.75) is 41.0 Å². The Morgan fingerprint density at radius 3 is 2.20 bits per heavy atom. The van der Waals surface area contributed by atoms with Crippen LogP contribution >= 0.6 is 0 Å². The Hall–Kier alpha value is -2.04. The van der Waals surface area contributed by atoms with E-state index in [1.54, 1.807) is 0 Å². The fourth-order valence-corrected chi connectivity index (χ4v) is 3.01. The third-order valence-electron chi connectivity index (χ3n) is 4.32.